The molecule has 0 atom stereocenters. The minimum Gasteiger partial charge on any atom is -0.465 e. The number of hydrogen-bond donors (Lipinski definition) is 0. The van der Waals surface area contributed by atoms with Gasteiger partial charge in [-0.05, 0) is 36.2 Å². The second kappa shape index (κ2) is 9.32. The lowest BCUT2D eigenvalue weighted by atomic mass is 10.1. The van der Waals surface area contributed by atoms with Crippen LogP contribution in [0.15, 0.2) is 76.1 Å². The van der Waals surface area contributed by atoms with E-state index in [9.17, 15) is 9.59 Å². The zero-order valence-corrected chi connectivity index (χ0v) is 18.4. The van der Waals surface area contributed by atoms with Gasteiger partial charge in [0.2, 0.25) is 0 Å². The first kappa shape index (κ1) is 21.1. The van der Waals surface area contributed by atoms with Gasteiger partial charge >= 0.3 is 5.97 Å². The fourth-order valence-electron chi connectivity index (χ4n) is 3.21. The van der Waals surface area contributed by atoms with Gasteiger partial charge in [0, 0.05) is 18.2 Å². The Labute approximate surface area is 189 Å². The molecule has 1 fully saturated rings. The number of furan rings is 1. The van der Waals surface area contributed by atoms with Gasteiger partial charge in [-0.3, -0.25) is 9.69 Å². The number of thioether (sulfide) groups is 1. The maximum atomic E-state index is 12.8. The van der Waals surface area contributed by atoms with Gasteiger partial charge in [-0.2, -0.15) is 0 Å². The molecule has 1 aromatic heterocycles. The first-order chi connectivity index (χ1) is 15.0. The number of rotatable bonds is 6. The fraction of sp³-hybridized carbons (Fsp3) is 0.125. The zero-order valence-electron chi connectivity index (χ0n) is 16.7. The molecule has 4 rings (SSSR count). The van der Waals surface area contributed by atoms with Crippen molar-refractivity contribution in [1.82, 2.24) is 4.90 Å². The molecule has 1 aliphatic rings. The van der Waals surface area contributed by atoms with Crippen molar-refractivity contribution < 1.29 is 18.7 Å². The number of esters is 1. The number of methoxy groups -OCH3 is 1. The molecular formula is C24H19NO4S2. The fourth-order valence-corrected chi connectivity index (χ4v) is 4.50. The Morgan fingerprint density at radius 3 is 2.71 bits per heavy atom. The highest BCUT2D eigenvalue weighted by atomic mass is 32.2. The van der Waals surface area contributed by atoms with Crippen molar-refractivity contribution in [2.24, 2.45) is 0 Å². The minimum atomic E-state index is -0.409. The van der Waals surface area contributed by atoms with E-state index < -0.39 is 5.97 Å². The van der Waals surface area contributed by atoms with E-state index in [0.717, 1.165) is 17.5 Å². The summed E-state index contributed by atoms with van der Waals surface area (Å²) in [7, 11) is 1.34. The smallest absolute Gasteiger partial charge is 0.337 e. The lowest BCUT2D eigenvalue weighted by Gasteiger charge is -2.14. The Balaban J connectivity index is 1.48. The van der Waals surface area contributed by atoms with Crippen molar-refractivity contribution >= 4 is 46.3 Å². The highest BCUT2D eigenvalue weighted by molar-refractivity contribution is 8.26. The third-order valence-electron chi connectivity index (χ3n) is 4.81. The molecule has 1 amide bonds. The van der Waals surface area contributed by atoms with E-state index in [1.54, 1.807) is 41.3 Å². The van der Waals surface area contributed by atoms with E-state index in [2.05, 4.69) is 0 Å². The van der Waals surface area contributed by atoms with E-state index in [-0.39, 0.29) is 5.91 Å². The van der Waals surface area contributed by atoms with Crippen LogP contribution in [0.25, 0.3) is 17.4 Å². The summed E-state index contributed by atoms with van der Waals surface area (Å²) in [5, 5.41) is 0. The lowest BCUT2D eigenvalue weighted by Crippen LogP contribution is -2.30. The van der Waals surface area contributed by atoms with Crippen LogP contribution in [0.5, 0.6) is 0 Å². The molecule has 0 unspecified atom stereocenters. The van der Waals surface area contributed by atoms with E-state index in [4.69, 9.17) is 21.4 Å². The standard InChI is InChI=1S/C24H19NO4S2/c1-28-23(27)18-9-5-8-17(14-18)20-11-10-19(29-20)15-21-22(26)25(24(30)31-21)13-12-16-6-3-2-4-7-16/h2-11,14-15H,12-13H2,1H3/b21-15-. The van der Waals surface area contributed by atoms with Crippen molar-refractivity contribution in [3.8, 4) is 11.3 Å². The quantitative estimate of drug-likeness (QED) is 0.294. The van der Waals surface area contributed by atoms with Gasteiger partial charge in [0.25, 0.3) is 5.91 Å². The van der Waals surface area contributed by atoms with Crippen molar-refractivity contribution in [3.05, 3.63) is 88.5 Å². The normalized spacial score (nSPS) is 15.0. The topological polar surface area (TPSA) is 59.8 Å². The average molecular weight is 450 g/mol. The molecular weight excluding hydrogens is 430 g/mol. The van der Waals surface area contributed by atoms with Gasteiger partial charge in [-0.25, -0.2) is 4.79 Å². The molecule has 0 spiro atoms. The van der Waals surface area contributed by atoms with E-state index in [1.807, 2.05) is 36.4 Å². The summed E-state index contributed by atoms with van der Waals surface area (Å²) < 4.78 is 11.2. The third-order valence-corrected chi connectivity index (χ3v) is 6.19. The summed E-state index contributed by atoms with van der Waals surface area (Å²) in [6.45, 7) is 0.537. The minimum absolute atomic E-state index is 0.114. The maximum absolute atomic E-state index is 12.8. The van der Waals surface area contributed by atoms with Gasteiger partial charge in [-0.1, -0.05) is 66.4 Å². The van der Waals surface area contributed by atoms with Crippen LogP contribution in [0.1, 0.15) is 21.7 Å². The first-order valence-corrected chi connectivity index (χ1v) is 10.9. The Hall–Kier alpha value is -3.16. The van der Waals surface area contributed by atoms with Crippen LogP contribution in [-0.2, 0) is 16.0 Å². The Morgan fingerprint density at radius 2 is 1.94 bits per heavy atom. The highest BCUT2D eigenvalue weighted by Gasteiger charge is 2.31. The average Bonchev–Trinajstić information content (AvgIpc) is 3.37. The Morgan fingerprint density at radius 1 is 1.13 bits per heavy atom. The Kier molecular flexibility index (Phi) is 6.34. The molecule has 156 valence electrons. The summed E-state index contributed by atoms with van der Waals surface area (Å²) in [5.41, 5.74) is 2.35. The van der Waals surface area contributed by atoms with E-state index >= 15 is 0 Å². The van der Waals surface area contributed by atoms with Crippen LogP contribution < -0.4 is 0 Å². The van der Waals surface area contributed by atoms with Gasteiger partial charge in [0.15, 0.2) is 0 Å². The van der Waals surface area contributed by atoms with Crippen molar-refractivity contribution in [1.29, 1.82) is 0 Å². The van der Waals surface area contributed by atoms with Crippen LogP contribution >= 0.6 is 24.0 Å². The summed E-state index contributed by atoms with van der Waals surface area (Å²) >= 11 is 6.68. The zero-order chi connectivity index (χ0) is 21.8. The van der Waals surface area contributed by atoms with Crippen LogP contribution in [0.3, 0.4) is 0 Å². The number of benzene rings is 2. The highest BCUT2D eigenvalue weighted by Crippen LogP contribution is 2.33. The van der Waals surface area contributed by atoms with Gasteiger partial charge in [0.05, 0.1) is 17.6 Å². The number of ether oxygens (including phenoxy) is 1. The second-order valence-electron chi connectivity index (χ2n) is 6.84. The summed E-state index contributed by atoms with van der Waals surface area (Å²) in [6.07, 6.45) is 2.44. The molecule has 5 nitrogen and oxygen atoms in total. The molecule has 1 aliphatic heterocycles. The molecule has 2 heterocycles. The number of amides is 1. The number of carbonyl (C=O) groups is 2. The molecule has 0 bridgehead atoms. The SMILES string of the molecule is COC(=O)c1cccc(-c2ccc(/C=C3\SC(=S)N(CCc4ccccc4)C3=O)o2)c1. The largest absolute Gasteiger partial charge is 0.465 e. The summed E-state index contributed by atoms with van der Waals surface area (Å²) in [6, 6.07) is 20.6. The molecule has 31 heavy (non-hydrogen) atoms. The summed E-state index contributed by atoms with van der Waals surface area (Å²) in [4.78, 5) is 26.7. The van der Waals surface area contributed by atoms with Gasteiger partial charge in [-0.15, -0.1) is 0 Å². The van der Waals surface area contributed by atoms with Crippen LogP contribution in [0, 0.1) is 0 Å². The molecule has 0 N–H and O–H groups in total. The number of hydrogen-bond acceptors (Lipinski definition) is 6. The van der Waals surface area contributed by atoms with E-state index in [0.29, 0.717) is 32.9 Å². The predicted molar refractivity (Wildman–Crippen MR) is 126 cm³/mol. The van der Waals surface area contributed by atoms with Crippen molar-refractivity contribution in [2.75, 3.05) is 13.7 Å². The van der Waals surface area contributed by atoms with Crippen LogP contribution in [0.4, 0.5) is 0 Å². The van der Waals surface area contributed by atoms with Crippen molar-refractivity contribution in [2.45, 2.75) is 6.42 Å². The molecule has 3 aromatic rings. The van der Waals surface area contributed by atoms with Crippen LogP contribution in [0.2, 0.25) is 0 Å². The number of thiocarbonyl (C=S) groups is 1. The lowest BCUT2D eigenvalue weighted by molar-refractivity contribution is -0.122. The second-order valence-corrected chi connectivity index (χ2v) is 8.52. The monoisotopic (exact) mass is 449 g/mol. The molecule has 7 heteroatoms. The Bertz CT molecular complexity index is 1170. The van der Waals surface area contributed by atoms with E-state index in [1.165, 1.54) is 18.9 Å². The molecule has 0 radical (unpaired) electrons. The molecule has 1 saturated heterocycles. The molecule has 0 saturated carbocycles. The van der Waals surface area contributed by atoms with Gasteiger partial charge in [0.1, 0.15) is 15.8 Å². The number of nitrogens with zero attached hydrogens (tertiary/aromatic N) is 1. The third kappa shape index (κ3) is 4.78. The van der Waals surface area contributed by atoms with Gasteiger partial charge < -0.3 is 9.15 Å². The predicted octanol–water partition coefficient (Wildman–Crippen LogP) is 5.18. The molecule has 0 aliphatic carbocycles. The summed E-state index contributed by atoms with van der Waals surface area (Å²) in [5.74, 6) is 0.614. The first-order valence-electron chi connectivity index (χ1n) is 9.63. The van der Waals surface area contributed by atoms with Crippen molar-refractivity contribution in [3.63, 3.8) is 0 Å². The molecule has 2 aromatic carbocycles. The number of carbonyl (C=O) groups excluding carboxylic acids is 2. The van der Waals surface area contributed by atoms with Crippen LogP contribution in [-0.4, -0.2) is 34.8 Å². The maximum Gasteiger partial charge on any atom is 0.337 e.